The maximum Gasteiger partial charge on any atom is 0.319 e. The predicted octanol–water partition coefficient (Wildman–Crippen LogP) is 3.60. The maximum absolute atomic E-state index is 12.9. The molecule has 3 rings (SSSR count). The SMILES string of the molecule is CCC(C(=O)NC1CCN(CCNC(=O)Nc2cc(C)nc(C)c2)CC1)c1cccc(OC)c1. The van der Waals surface area contributed by atoms with Crippen molar-refractivity contribution in [3.8, 4) is 5.75 Å². The van der Waals surface area contributed by atoms with E-state index in [2.05, 4.69) is 25.8 Å². The van der Waals surface area contributed by atoms with Gasteiger partial charge >= 0.3 is 6.03 Å². The molecule has 184 valence electrons. The van der Waals surface area contributed by atoms with Gasteiger partial charge in [0.2, 0.25) is 5.91 Å². The van der Waals surface area contributed by atoms with Crippen LogP contribution in [-0.2, 0) is 4.79 Å². The van der Waals surface area contributed by atoms with Gasteiger partial charge in [0.15, 0.2) is 0 Å². The highest BCUT2D eigenvalue weighted by Crippen LogP contribution is 2.24. The van der Waals surface area contributed by atoms with E-state index in [9.17, 15) is 9.59 Å². The summed E-state index contributed by atoms with van der Waals surface area (Å²) in [4.78, 5) is 31.8. The van der Waals surface area contributed by atoms with Gasteiger partial charge in [-0.05, 0) is 62.9 Å². The topological polar surface area (TPSA) is 95.6 Å². The van der Waals surface area contributed by atoms with E-state index in [1.165, 1.54) is 0 Å². The van der Waals surface area contributed by atoms with Crippen molar-refractivity contribution in [2.24, 2.45) is 0 Å². The highest BCUT2D eigenvalue weighted by molar-refractivity contribution is 5.89. The van der Waals surface area contributed by atoms with E-state index in [4.69, 9.17) is 4.74 Å². The summed E-state index contributed by atoms with van der Waals surface area (Å²) < 4.78 is 5.31. The van der Waals surface area contributed by atoms with Crippen molar-refractivity contribution in [1.29, 1.82) is 0 Å². The van der Waals surface area contributed by atoms with Crippen LogP contribution in [0.25, 0.3) is 0 Å². The smallest absolute Gasteiger partial charge is 0.319 e. The van der Waals surface area contributed by atoms with Gasteiger partial charge in [-0.3, -0.25) is 9.78 Å². The molecule has 1 fully saturated rings. The molecule has 0 spiro atoms. The number of benzene rings is 1. The molecule has 0 saturated carbocycles. The van der Waals surface area contributed by atoms with Gasteiger partial charge in [-0.25, -0.2) is 4.79 Å². The number of anilines is 1. The number of carbonyl (C=O) groups is 2. The summed E-state index contributed by atoms with van der Waals surface area (Å²) in [6, 6.07) is 11.4. The van der Waals surface area contributed by atoms with Gasteiger partial charge in [-0.2, -0.15) is 0 Å². The number of amides is 3. The van der Waals surface area contributed by atoms with Gasteiger partial charge in [0, 0.05) is 49.3 Å². The number of aryl methyl sites for hydroxylation is 2. The van der Waals surface area contributed by atoms with Gasteiger partial charge in [-0.15, -0.1) is 0 Å². The van der Waals surface area contributed by atoms with E-state index in [1.54, 1.807) is 7.11 Å². The molecule has 1 aromatic carbocycles. The summed E-state index contributed by atoms with van der Waals surface area (Å²) >= 11 is 0. The molecular formula is C26H37N5O3. The van der Waals surface area contributed by atoms with Gasteiger partial charge in [0.25, 0.3) is 0 Å². The third-order valence-corrected chi connectivity index (χ3v) is 6.21. The summed E-state index contributed by atoms with van der Waals surface area (Å²) in [6.45, 7) is 8.99. The number of urea groups is 1. The fourth-order valence-electron chi connectivity index (χ4n) is 4.44. The predicted molar refractivity (Wildman–Crippen MR) is 134 cm³/mol. The Balaban J connectivity index is 1.38. The van der Waals surface area contributed by atoms with Gasteiger partial charge in [0.1, 0.15) is 5.75 Å². The second-order valence-electron chi connectivity index (χ2n) is 8.88. The molecule has 1 atom stereocenters. The van der Waals surface area contributed by atoms with Crippen molar-refractivity contribution in [2.75, 3.05) is 38.6 Å². The van der Waals surface area contributed by atoms with Crippen molar-refractivity contribution in [2.45, 2.75) is 52.0 Å². The summed E-state index contributed by atoms with van der Waals surface area (Å²) in [5, 5.41) is 9.03. The second kappa shape index (κ2) is 12.4. The zero-order valence-corrected chi connectivity index (χ0v) is 20.7. The zero-order chi connectivity index (χ0) is 24.5. The second-order valence-corrected chi connectivity index (χ2v) is 8.88. The molecule has 0 radical (unpaired) electrons. The first kappa shape index (κ1) is 25.5. The van der Waals surface area contributed by atoms with E-state index >= 15 is 0 Å². The summed E-state index contributed by atoms with van der Waals surface area (Å²) in [5.74, 6) is 0.670. The fraction of sp³-hybridized carbons (Fsp3) is 0.500. The van der Waals surface area contributed by atoms with Crippen LogP contribution in [-0.4, -0.2) is 61.2 Å². The quantitative estimate of drug-likeness (QED) is 0.524. The first-order valence-corrected chi connectivity index (χ1v) is 12.0. The third-order valence-electron chi connectivity index (χ3n) is 6.21. The van der Waals surface area contributed by atoms with E-state index in [0.29, 0.717) is 6.54 Å². The normalized spacial score (nSPS) is 15.4. The molecule has 0 aliphatic carbocycles. The monoisotopic (exact) mass is 467 g/mol. The standard InChI is InChI=1S/C26H37N5O3/c1-5-24(20-7-6-8-23(17-20)34-4)25(32)29-21-9-12-31(13-10-21)14-11-27-26(33)30-22-15-18(2)28-19(3)16-22/h6-8,15-17,21,24H,5,9-14H2,1-4H3,(H,29,32)(H2,27,28,30,33). The van der Waals surface area contributed by atoms with E-state index < -0.39 is 0 Å². The minimum absolute atomic E-state index is 0.0779. The molecule has 1 saturated heterocycles. The molecule has 3 amide bonds. The van der Waals surface area contributed by atoms with Crippen LogP contribution in [0.3, 0.4) is 0 Å². The molecule has 34 heavy (non-hydrogen) atoms. The molecule has 1 aliphatic heterocycles. The van der Waals surface area contributed by atoms with Crippen LogP contribution >= 0.6 is 0 Å². The molecule has 1 unspecified atom stereocenters. The number of ether oxygens (including phenoxy) is 1. The molecule has 0 bridgehead atoms. The number of hydrogen-bond donors (Lipinski definition) is 3. The van der Waals surface area contributed by atoms with Crippen LogP contribution in [0.15, 0.2) is 36.4 Å². The Hall–Kier alpha value is -3.13. The van der Waals surface area contributed by atoms with Crippen molar-refractivity contribution < 1.29 is 14.3 Å². The average Bonchev–Trinajstić information content (AvgIpc) is 2.80. The van der Waals surface area contributed by atoms with Crippen molar-refractivity contribution in [3.63, 3.8) is 0 Å². The summed E-state index contributed by atoms with van der Waals surface area (Å²) in [6.07, 6.45) is 2.55. The van der Waals surface area contributed by atoms with Crippen LogP contribution in [0.5, 0.6) is 5.75 Å². The zero-order valence-electron chi connectivity index (χ0n) is 20.7. The van der Waals surface area contributed by atoms with Crippen molar-refractivity contribution >= 4 is 17.6 Å². The van der Waals surface area contributed by atoms with Crippen LogP contribution in [0.4, 0.5) is 10.5 Å². The Morgan fingerprint density at radius 1 is 1.15 bits per heavy atom. The number of likely N-dealkylation sites (tertiary alicyclic amines) is 1. The fourth-order valence-corrected chi connectivity index (χ4v) is 4.44. The molecule has 2 aromatic rings. The van der Waals surface area contributed by atoms with Crippen LogP contribution < -0.4 is 20.7 Å². The summed E-state index contributed by atoms with van der Waals surface area (Å²) in [5.41, 5.74) is 3.48. The van der Waals surface area contributed by atoms with Crippen molar-refractivity contribution in [3.05, 3.63) is 53.3 Å². The third kappa shape index (κ3) is 7.45. The van der Waals surface area contributed by atoms with Gasteiger partial charge in [0.05, 0.1) is 13.0 Å². The Morgan fingerprint density at radius 3 is 2.50 bits per heavy atom. The minimum Gasteiger partial charge on any atom is -0.497 e. The van der Waals surface area contributed by atoms with Gasteiger partial charge < -0.3 is 25.6 Å². The maximum atomic E-state index is 12.9. The molecule has 8 heteroatoms. The lowest BCUT2D eigenvalue weighted by atomic mass is 9.94. The number of aromatic nitrogens is 1. The number of nitrogens with zero attached hydrogens (tertiary/aromatic N) is 2. The molecule has 2 heterocycles. The Labute approximate surface area is 202 Å². The first-order valence-electron chi connectivity index (χ1n) is 12.0. The number of nitrogens with one attached hydrogen (secondary N) is 3. The van der Waals surface area contributed by atoms with Crippen LogP contribution in [0.2, 0.25) is 0 Å². The number of rotatable bonds is 9. The van der Waals surface area contributed by atoms with Crippen molar-refractivity contribution in [1.82, 2.24) is 20.5 Å². The van der Waals surface area contributed by atoms with E-state index in [0.717, 1.165) is 67.3 Å². The largest absolute Gasteiger partial charge is 0.497 e. The van der Waals surface area contributed by atoms with E-state index in [1.807, 2.05) is 57.2 Å². The molecule has 3 N–H and O–H groups in total. The Morgan fingerprint density at radius 2 is 1.85 bits per heavy atom. The van der Waals surface area contributed by atoms with Gasteiger partial charge in [-0.1, -0.05) is 19.1 Å². The van der Waals surface area contributed by atoms with Crippen LogP contribution in [0, 0.1) is 13.8 Å². The average molecular weight is 468 g/mol. The molecule has 1 aromatic heterocycles. The lowest BCUT2D eigenvalue weighted by Crippen LogP contribution is -2.47. The number of pyridine rings is 1. The minimum atomic E-state index is -0.213. The number of carbonyl (C=O) groups excluding carboxylic acids is 2. The lowest BCUT2D eigenvalue weighted by molar-refractivity contribution is -0.123. The lowest BCUT2D eigenvalue weighted by Gasteiger charge is -2.33. The highest BCUT2D eigenvalue weighted by Gasteiger charge is 2.25. The molecule has 1 aliphatic rings. The Kier molecular flexibility index (Phi) is 9.27. The molecule has 8 nitrogen and oxygen atoms in total. The van der Waals surface area contributed by atoms with E-state index in [-0.39, 0.29) is 23.9 Å². The number of piperidine rings is 1. The summed E-state index contributed by atoms with van der Waals surface area (Å²) in [7, 11) is 1.64. The first-order chi connectivity index (χ1) is 16.4. The number of hydrogen-bond acceptors (Lipinski definition) is 5. The number of methoxy groups -OCH3 is 1. The molecular weight excluding hydrogens is 430 g/mol. The highest BCUT2D eigenvalue weighted by atomic mass is 16.5. The Bertz CT molecular complexity index is 952. The van der Waals surface area contributed by atoms with Crippen LogP contribution in [0.1, 0.15) is 49.1 Å².